The summed E-state index contributed by atoms with van der Waals surface area (Å²) >= 11 is 13.9. The molecule has 1 aliphatic rings. The lowest BCUT2D eigenvalue weighted by molar-refractivity contribution is -0.193. The molecule has 0 saturated carbocycles. The third-order valence-electron chi connectivity index (χ3n) is 5.55. The summed E-state index contributed by atoms with van der Waals surface area (Å²) in [4.78, 5) is 68.1. The van der Waals surface area contributed by atoms with Gasteiger partial charge in [0.15, 0.2) is 0 Å². The average Bonchev–Trinajstić information content (AvgIpc) is 3.36. The van der Waals surface area contributed by atoms with Gasteiger partial charge in [0.2, 0.25) is 22.0 Å². The van der Waals surface area contributed by atoms with E-state index in [-0.39, 0.29) is 26.6 Å². The van der Waals surface area contributed by atoms with Crippen molar-refractivity contribution in [2.75, 3.05) is 68.2 Å². The first-order chi connectivity index (χ1) is 24.4. The summed E-state index contributed by atoms with van der Waals surface area (Å²) in [5.74, 6) is -1.10. The number of aromatic nitrogens is 5. The van der Waals surface area contributed by atoms with Crippen molar-refractivity contribution in [3.8, 4) is 0 Å². The van der Waals surface area contributed by atoms with E-state index in [4.69, 9.17) is 33.2 Å². The molecule has 0 bridgehead atoms. The molecule has 3 aromatic rings. The Labute approximate surface area is 321 Å². The number of halogens is 3. The molecule has 0 amide bonds. The summed E-state index contributed by atoms with van der Waals surface area (Å²) in [5.41, 5.74) is 0.0829. The van der Waals surface area contributed by atoms with Gasteiger partial charge in [-0.1, -0.05) is 11.6 Å². The zero-order valence-electron chi connectivity index (χ0n) is 29.4. The highest BCUT2D eigenvalue weighted by atomic mass is 35.5. The zero-order valence-corrected chi connectivity index (χ0v) is 34.2. The Balaban J connectivity index is 0.000000419. The highest BCUT2D eigenvalue weighted by Gasteiger charge is 2.15. The Bertz CT molecular complexity index is 1750. The summed E-state index contributed by atoms with van der Waals surface area (Å²) in [6, 6.07) is 2.64. The number of thioether (sulfide) groups is 1. The number of benzene rings is 1. The van der Waals surface area contributed by atoms with Gasteiger partial charge >= 0.3 is 16.8 Å². The second-order valence-corrected chi connectivity index (χ2v) is 17.2. The minimum atomic E-state index is -4.35. The first-order valence-electron chi connectivity index (χ1n) is 15.3. The predicted molar refractivity (Wildman–Crippen MR) is 204 cm³/mol. The van der Waals surface area contributed by atoms with Crippen molar-refractivity contribution in [1.29, 1.82) is 0 Å². The number of methoxy groups -OCH3 is 1. The molecular weight excluding hydrogens is 807 g/mol. The van der Waals surface area contributed by atoms with Gasteiger partial charge in [-0.15, -0.1) is 11.8 Å². The molecule has 1 aromatic carbocycles. The van der Waals surface area contributed by atoms with Crippen LogP contribution in [0.1, 0.15) is 26.7 Å². The number of carbonyl (C=O) groups is 2. The lowest BCUT2D eigenvalue weighted by Gasteiger charge is -2.15. The number of hydrogen-bond donors (Lipinski definition) is 5. The minimum absolute atomic E-state index is 0.0605. The van der Waals surface area contributed by atoms with Crippen molar-refractivity contribution < 1.29 is 38.2 Å². The summed E-state index contributed by atoms with van der Waals surface area (Å²) in [7, 11) is -2.41. The van der Waals surface area contributed by atoms with Gasteiger partial charge in [0, 0.05) is 31.1 Å². The maximum absolute atomic E-state index is 14.3. The number of carbonyl (C=O) groups excluding carboxylic acids is 1. The molecule has 1 aliphatic heterocycles. The SMILES string of the molecule is CCNc1nc(Cl)nc(NCC)n1.COC(=O)CSc1cc(N=c2sc(=O)n3n2CCCC3)c(F)cc1Cl.C[S+](C)C.O=C(O)CNCP(=O)([O-])O. The van der Waals surface area contributed by atoms with Crippen molar-refractivity contribution in [2.24, 2.45) is 4.99 Å². The molecule has 0 spiro atoms. The van der Waals surface area contributed by atoms with Crippen LogP contribution in [0.15, 0.2) is 26.8 Å². The van der Waals surface area contributed by atoms with Gasteiger partial charge in [-0.05, 0) is 72.7 Å². The van der Waals surface area contributed by atoms with Gasteiger partial charge in [-0.3, -0.25) is 24.4 Å². The van der Waals surface area contributed by atoms with Crippen LogP contribution in [0.3, 0.4) is 0 Å². The van der Waals surface area contributed by atoms with E-state index in [1.165, 1.54) is 13.2 Å². The summed E-state index contributed by atoms with van der Waals surface area (Å²) < 4.78 is 32.2. The number of nitrogens with one attached hydrogen (secondary N) is 3. The highest BCUT2D eigenvalue weighted by molar-refractivity contribution is 8.00. The van der Waals surface area contributed by atoms with E-state index in [0.29, 0.717) is 45.6 Å². The number of anilines is 2. The van der Waals surface area contributed by atoms with Crippen molar-refractivity contribution >= 4 is 94.3 Å². The first-order valence-corrected chi connectivity index (χ1v) is 22.1. The molecule has 24 heteroatoms. The van der Waals surface area contributed by atoms with Crippen LogP contribution in [-0.2, 0) is 42.9 Å². The maximum Gasteiger partial charge on any atom is 0.325 e. The number of rotatable bonds is 12. The number of esters is 1. The van der Waals surface area contributed by atoms with Gasteiger partial charge < -0.3 is 34.8 Å². The predicted octanol–water partition coefficient (Wildman–Crippen LogP) is 2.84. The monoisotopic (exact) mass is 849 g/mol. The van der Waals surface area contributed by atoms with Crippen molar-refractivity contribution in [1.82, 2.24) is 29.6 Å². The van der Waals surface area contributed by atoms with Crippen molar-refractivity contribution in [3.05, 3.63) is 42.7 Å². The number of fused-ring (bicyclic) bond motifs is 1. The number of carboxylic acid groups (broad SMARTS) is 1. The second-order valence-electron chi connectivity index (χ2n) is 10.5. The van der Waals surface area contributed by atoms with Crippen LogP contribution in [0.2, 0.25) is 10.3 Å². The number of aliphatic carboxylic acids is 1. The topological polar surface area (TPSA) is 238 Å². The molecule has 1 unspecified atom stereocenters. The van der Waals surface area contributed by atoms with E-state index in [0.717, 1.165) is 55.1 Å². The van der Waals surface area contributed by atoms with Crippen LogP contribution in [0.5, 0.6) is 0 Å². The third-order valence-corrected chi connectivity index (χ3v) is 8.66. The zero-order chi connectivity index (χ0) is 39.4. The van der Waals surface area contributed by atoms with E-state index < -0.39 is 38.2 Å². The number of hydrogen-bond acceptors (Lipinski definition) is 15. The average molecular weight is 851 g/mol. The molecule has 1 atom stereocenters. The Morgan fingerprint density at radius 2 is 1.67 bits per heavy atom. The van der Waals surface area contributed by atoms with Crippen LogP contribution in [0, 0.1) is 5.82 Å². The third kappa shape index (κ3) is 19.4. The lowest BCUT2D eigenvalue weighted by Crippen LogP contribution is -2.31. The highest BCUT2D eigenvalue weighted by Crippen LogP contribution is 2.33. The number of nitrogens with zero attached hydrogens (tertiary/aromatic N) is 6. The molecule has 0 aliphatic carbocycles. The second kappa shape index (κ2) is 24.5. The molecule has 4 rings (SSSR count). The molecule has 2 aromatic heterocycles. The largest absolute Gasteiger partial charge is 0.778 e. The lowest BCUT2D eigenvalue weighted by atomic mass is 10.3. The Kier molecular flexibility index (Phi) is 22.3. The fourth-order valence-electron chi connectivity index (χ4n) is 3.56. The summed E-state index contributed by atoms with van der Waals surface area (Å²) in [6.07, 6.45) is 7.77. The van der Waals surface area contributed by atoms with Crippen LogP contribution in [-0.4, -0.2) is 104 Å². The first kappa shape index (κ1) is 47.3. The Hall–Kier alpha value is -2.75. The molecule has 0 saturated heterocycles. The fourth-order valence-corrected chi connectivity index (χ4v) is 6.10. The van der Waals surface area contributed by atoms with E-state index in [9.17, 15) is 28.2 Å². The van der Waals surface area contributed by atoms with Crippen LogP contribution in [0.25, 0.3) is 0 Å². The van der Waals surface area contributed by atoms with Crippen LogP contribution >= 0.6 is 53.9 Å². The van der Waals surface area contributed by atoms with E-state index >= 15 is 0 Å². The molecule has 5 N–H and O–H groups in total. The number of carboxylic acids is 1. The fraction of sp³-hybridized carbons (Fsp3) is 0.536. The van der Waals surface area contributed by atoms with E-state index in [1.807, 2.05) is 19.2 Å². The quantitative estimate of drug-likeness (QED) is 0.0763. The minimum Gasteiger partial charge on any atom is -0.778 e. The summed E-state index contributed by atoms with van der Waals surface area (Å²) in [6.45, 7) is 6.28. The van der Waals surface area contributed by atoms with E-state index in [2.05, 4.69) is 54.1 Å². The van der Waals surface area contributed by atoms with Gasteiger partial charge in [0.25, 0.3) is 0 Å². The normalized spacial score (nSPS) is 13.2. The van der Waals surface area contributed by atoms with Crippen LogP contribution < -0.4 is 30.5 Å². The number of ether oxygens (including phenoxy) is 1. The van der Waals surface area contributed by atoms with Gasteiger partial charge in [0.1, 0.15) is 19.1 Å². The van der Waals surface area contributed by atoms with Crippen LogP contribution in [0.4, 0.5) is 22.0 Å². The standard InChI is InChI=1S/C15H15ClFN3O3S2.C7H12ClN5.C3H8NO5P.C3H9S/c1-23-13(21)8-24-12-7-11(10(17)6-9(12)16)18-14-19-4-2-3-5-20(19)15(22)25-14;1-3-9-6-11-5(8)12-7(13-6)10-4-2;5-3(6)1-4-2-10(7,8)9;1-4(2)3/h6-7H,2-5,8H2,1H3;3-4H2,1-2H3,(H2,9,10,11,12,13);4H,1-2H2,(H,5,6)(H2,7,8,9);1-3H3/q;;;+1/p-1. The Morgan fingerprint density at radius 3 is 2.17 bits per heavy atom. The van der Waals surface area contributed by atoms with Crippen molar-refractivity contribution in [2.45, 2.75) is 44.7 Å². The summed E-state index contributed by atoms with van der Waals surface area (Å²) in [5, 5.41) is 16.3. The maximum atomic E-state index is 14.3. The molecular formula is C28H43Cl2FN9O8PS3. The molecule has 3 heterocycles. The van der Waals surface area contributed by atoms with Gasteiger partial charge in [-0.2, -0.15) is 15.0 Å². The molecule has 292 valence electrons. The van der Waals surface area contributed by atoms with Gasteiger partial charge in [0.05, 0.1) is 49.5 Å². The van der Waals surface area contributed by atoms with Gasteiger partial charge in [-0.25, -0.2) is 14.1 Å². The van der Waals surface area contributed by atoms with Crippen molar-refractivity contribution in [3.63, 3.8) is 0 Å². The van der Waals surface area contributed by atoms with E-state index in [1.54, 1.807) is 9.36 Å². The molecule has 0 radical (unpaired) electrons. The molecule has 17 nitrogen and oxygen atoms in total. The Morgan fingerprint density at radius 1 is 1.12 bits per heavy atom. The molecule has 52 heavy (non-hydrogen) atoms. The smallest absolute Gasteiger partial charge is 0.325 e. The molecule has 0 fully saturated rings.